The first kappa shape index (κ1) is 62.8. The van der Waals surface area contributed by atoms with E-state index in [1.54, 1.807) is 0 Å². The van der Waals surface area contributed by atoms with E-state index in [1.165, 1.54) is 122 Å². The Morgan fingerprint density at radius 1 is 0.303 bits per heavy atom. The third kappa shape index (κ3) is 51.8. The van der Waals surface area contributed by atoms with E-state index >= 15 is 0 Å². The topological polar surface area (TPSA) is 78.9 Å². The summed E-state index contributed by atoms with van der Waals surface area (Å²) in [6, 6.07) is 0. The lowest BCUT2D eigenvalue weighted by Gasteiger charge is -2.18. The number of rotatable bonds is 50. The molecule has 0 aliphatic heterocycles. The molecule has 380 valence electrons. The molecule has 0 heterocycles. The fraction of sp³-hybridized carbons (Fsp3) is 0.750. The average molecular weight is 921 g/mol. The van der Waals surface area contributed by atoms with Gasteiger partial charge in [-0.3, -0.25) is 14.4 Å². The Morgan fingerprint density at radius 2 is 0.561 bits per heavy atom. The first-order valence-electron chi connectivity index (χ1n) is 27.9. The Morgan fingerprint density at radius 3 is 0.924 bits per heavy atom. The van der Waals surface area contributed by atoms with Gasteiger partial charge in [0.15, 0.2) is 6.10 Å². The van der Waals surface area contributed by atoms with Gasteiger partial charge in [0.1, 0.15) is 13.2 Å². The summed E-state index contributed by atoms with van der Waals surface area (Å²) in [6.07, 6.45) is 68.9. The van der Waals surface area contributed by atoms with Crippen LogP contribution in [-0.4, -0.2) is 37.2 Å². The summed E-state index contributed by atoms with van der Waals surface area (Å²) in [7, 11) is 0. The lowest BCUT2D eigenvalue weighted by molar-refractivity contribution is -0.167. The van der Waals surface area contributed by atoms with E-state index < -0.39 is 6.10 Å². The SMILES string of the molecule is CCCC/C=C\CCCCCCCC(=O)OCC(COC(=O)CCCCCCCC/C=C\C/C=C\C/C=C\CCCCCCC)OC(=O)CCCCCCC/C=C\C/C=C\CCCCCC. The van der Waals surface area contributed by atoms with E-state index in [0.717, 1.165) is 109 Å². The predicted octanol–water partition coefficient (Wildman–Crippen LogP) is 18.6. The molecule has 0 rings (SSSR count). The molecule has 0 aliphatic rings. The highest BCUT2D eigenvalue weighted by Gasteiger charge is 2.19. The highest BCUT2D eigenvalue weighted by molar-refractivity contribution is 5.71. The van der Waals surface area contributed by atoms with Crippen LogP contribution in [0.15, 0.2) is 72.9 Å². The first-order chi connectivity index (χ1) is 32.5. The normalized spacial score (nSPS) is 12.6. The molecule has 0 amide bonds. The Bertz CT molecular complexity index is 1240. The van der Waals surface area contributed by atoms with Crippen molar-refractivity contribution < 1.29 is 28.6 Å². The smallest absolute Gasteiger partial charge is 0.306 e. The van der Waals surface area contributed by atoms with E-state index in [9.17, 15) is 14.4 Å². The van der Waals surface area contributed by atoms with Crippen LogP contribution in [0.1, 0.15) is 271 Å². The fourth-order valence-corrected chi connectivity index (χ4v) is 7.64. The standard InChI is InChI=1S/C60H104O6/c1-4-7-10-13-16-19-22-24-26-28-29-30-31-32-34-35-38-41-44-47-50-53-59(62)65-56-57(55-64-58(61)52-49-46-43-40-37-21-18-15-12-9-6-3)66-60(63)54-51-48-45-42-39-36-33-27-25-23-20-17-14-11-8-5-2/h15,18,20,22-24,27-29,31-33,57H,4-14,16-17,19,21,25-26,30,34-56H2,1-3H3/b18-15-,23-20-,24-22-,29-28-,32-31-,33-27-. The monoisotopic (exact) mass is 921 g/mol. The van der Waals surface area contributed by atoms with Crippen molar-refractivity contribution in [3.8, 4) is 0 Å². The molecule has 6 heteroatoms. The summed E-state index contributed by atoms with van der Waals surface area (Å²) < 4.78 is 16.8. The number of ether oxygens (including phenoxy) is 3. The van der Waals surface area contributed by atoms with Gasteiger partial charge in [0, 0.05) is 19.3 Å². The quantitative estimate of drug-likeness (QED) is 0.0262. The fourth-order valence-electron chi connectivity index (χ4n) is 7.64. The number of hydrogen-bond acceptors (Lipinski definition) is 6. The van der Waals surface area contributed by atoms with E-state index in [0.29, 0.717) is 19.3 Å². The van der Waals surface area contributed by atoms with Crippen LogP contribution < -0.4 is 0 Å². The molecule has 0 aromatic carbocycles. The van der Waals surface area contributed by atoms with Crippen molar-refractivity contribution >= 4 is 17.9 Å². The zero-order valence-electron chi connectivity index (χ0n) is 43.4. The summed E-state index contributed by atoms with van der Waals surface area (Å²) in [4.78, 5) is 38.0. The Labute approximate surface area is 408 Å². The minimum Gasteiger partial charge on any atom is -0.462 e. The van der Waals surface area contributed by atoms with Crippen molar-refractivity contribution in [2.24, 2.45) is 0 Å². The molecule has 0 saturated carbocycles. The number of esters is 3. The van der Waals surface area contributed by atoms with Crippen molar-refractivity contribution in [3.05, 3.63) is 72.9 Å². The van der Waals surface area contributed by atoms with Crippen LogP contribution in [0.25, 0.3) is 0 Å². The second-order valence-corrected chi connectivity index (χ2v) is 18.5. The molecule has 0 saturated heterocycles. The minimum atomic E-state index is -0.791. The molecule has 0 radical (unpaired) electrons. The molecule has 1 atom stereocenters. The van der Waals surface area contributed by atoms with Crippen LogP contribution in [0.2, 0.25) is 0 Å². The molecule has 0 spiro atoms. The van der Waals surface area contributed by atoms with E-state index in [1.807, 2.05) is 0 Å². The maximum Gasteiger partial charge on any atom is 0.306 e. The second kappa shape index (κ2) is 54.5. The molecule has 0 N–H and O–H groups in total. The molecule has 0 aromatic heterocycles. The van der Waals surface area contributed by atoms with Crippen molar-refractivity contribution in [1.82, 2.24) is 0 Å². The first-order valence-corrected chi connectivity index (χ1v) is 27.9. The summed E-state index contributed by atoms with van der Waals surface area (Å²) in [5, 5.41) is 0. The number of hydrogen-bond donors (Lipinski definition) is 0. The molecule has 0 aromatic rings. The predicted molar refractivity (Wildman–Crippen MR) is 284 cm³/mol. The van der Waals surface area contributed by atoms with E-state index in [2.05, 4.69) is 93.7 Å². The Hall–Kier alpha value is -3.15. The molecule has 0 aliphatic carbocycles. The average Bonchev–Trinajstić information content (AvgIpc) is 3.31. The van der Waals surface area contributed by atoms with Crippen LogP contribution in [0, 0.1) is 0 Å². The van der Waals surface area contributed by atoms with Crippen LogP contribution in [0.4, 0.5) is 0 Å². The van der Waals surface area contributed by atoms with Crippen molar-refractivity contribution in [3.63, 3.8) is 0 Å². The third-order valence-electron chi connectivity index (χ3n) is 11.9. The summed E-state index contributed by atoms with van der Waals surface area (Å²) in [5.74, 6) is -0.921. The van der Waals surface area contributed by atoms with Gasteiger partial charge in [0.2, 0.25) is 0 Å². The van der Waals surface area contributed by atoms with Crippen LogP contribution in [0.3, 0.4) is 0 Å². The van der Waals surface area contributed by atoms with Crippen LogP contribution >= 0.6 is 0 Å². The maximum absolute atomic E-state index is 12.8. The molecule has 1 unspecified atom stereocenters. The number of carbonyl (C=O) groups excluding carboxylic acids is 3. The second-order valence-electron chi connectivity index (χ2n) is 18.5. The van der Waals surface area contributed by atoms with Crippen molar-refractivity contribution in [2.75, 3.05) is 13.2 Å². The molecular weight excluding hydrogens is 817 g/mol. The molecule has 66 heavy (non-hydrogen) atoms. The van der Waals surface area contributed by atoms with Gasteiger partial charge in [-0.1, -0.05) is 216 Å². The number of unbranched alkanes of at least 4 members (excludes halogenated alkanes) is 27. The largest absolute Gasteiger partial charge is 0.462 e. The minimum absolute atomic E-state index is 0.0900. The van der Waals surface area contributed by atoms with Gasteiger partial charge >= 0.3 is 17.9 Å². The lowest BCUT2D eigenvalue weighted by atomic mass is 10.1. The molecular formula is C60H104O6. The summed E-state index contributed by atoms with van der Waals surface area (Å²) in [6.45, 7) is 6.55. The zero-order chi connectivity index (χ0) is 47.9. The third-order valence-corrected chi connectivity index (χ3v) is 11.9. The van der Waals surface area contributed by atoms with Crippen molar-refractivity contribution in [2.45, 2.75) is 277 Å². The van der Waals surface area contributed by atoms with Gasteiger partial charge < -0.3 is 14.2 Å². The number of allylic oxidation sites excluding steroid dienone is 12. The zero-order valence-corrected chi connectivity index (χ0v) is 43.4. The van der Waals surface area contributed by atoms with Gasteiger partial charge in [-0.25, -0.2) is 0 Å². The lowest BCUT2D eigenvalue weighted by Crippen LogP contribution is -2.30. The molecule has 0 bridgehead atoms. The van der Waals surface area contributed by atoms with Gasteiger partial charge in [0.05, 0.1) is 0 Å². The van der Waals surface area contributed by atoms with E-state index in [-0.39, 0.29) is 31.1 Å². The van der Waals surface area contributed by atoms with Gasteiger partial charge in [-0.2, -0.15) is 0 Å². The maximum atomic E-state index is 12.8. The van der Waals surface area contributed by atoms with Crippen LogP contribution in [-0.2, 0) is 28.6 Å². The Kier molecular flexibility index (Phi) is 51.9. The molecule has 6 nitrogen and oxygen atoms in total. The van der Waals surface area contributed by atoms with Gasteiger partial charge in [0.25, 0.3) is 0 Å². The highest BCUT2D eigenvalue weighted by Crippen LogP contribution is 2.14. The van der Waals surface area contributed by atoms with Gasteiger partial charge in [-0.15, -0.1) is 0 Å². The summed E-state index contributed by atoms with van der Waals surface area (Å²) >= 11 is 0. The van der Waals surface area contributed by atoms with Crippen LogP contribution in [0.5, 0.6) is 0 Å². The summed E-state index contributed by atoms with van der Waals surface area (Å²) in [5.41, 5.74) is 0. The number of carbonyl (C=O) groups is 3. The van der Waals surface area contributed by atoms with Crippen molar-refractivity contribution in [1.29, 1.82) is 0 Å². The Balaban J connectivity index is 4.38. The molecule has 0 fully saturated rings. The van der Waals surface area contributed by atoms with E-state index in [4.69, 9.17) is 14.2 Å². The highest BCUT2D eigenvalue weighted by atomic mass is 16.6. The van der Waals surface area contributed by atoms with Gasteiger partial charge in [-0.05, 0) is 109 Å².